The first kappa shape index (κ1) is 11.8. The summed E-state index contributed by atoms with van der Waals surface area (Å²) in [5.74, 6) is 1.68. The number of rotatable bonds is 6. The highest BCUT2D eigenvalue weighted by Crippen LogP contribution is 2.11. The number of thiazole rings is 1. The van der Waals surface area contributed by atoms with Crippen LogP contribution in [-0.2, 0) is 6.54 Å². The molecule has 2 aromatic rings. The molecule has 0 aliphatic carbocycles. The van der Waals surface area contributed by atoms with Crippen LogP contribution in [0, 0.1) is 0 Å². The second-order valence-corrected chi connectivity index (χ2v) is 4.51. The molecule has 0 unspecified atom stereocenters. The van der Waals surface area contributed by atoms with Crippen molar-refractivity contribution in [1.82, 2.24) is 15.0 Å². The first-order valence-corrected chi connectivity index (χ1v) is 6.43. The van der Waals surface area contributed by atoms with Crippen LogP contribution < -0.4 is 10.6 Å². The Labute approximate surface area is 104 Å². The van der Waals surface area contributed by atoms with Crippen LogP contribution in [0.4, 0.5) is 11.6 Å². The quantitative estimate of drug-likeness (QED) is 0.823. The lowest BCUT2D eigenvalue weighted by Crippen LogP contribution is -2.05. The molecule has 0 bridgehead atoms. The van der Waals surface area contributed by atoms with Gasteiger partial charge in [0.25, 0.3) is 0 Å². The van der Waals surface area contributed by atoms with Gasteiger partial charge in [0.2, 0.25) is 0 Å². The predicted octanol–water partition coefficient (Wildman–Crippen LogP) is 2.37. The van der Waals surface area contributed by atoms with E-state index in [-0.39, 0.29) is 0 Å². The predicted molar refractivity (Wildman–Crippen MR) is 70.3 cm³/mol. The Hall–Kier alpha value is -1.69. The Morgan fingerprint density at radius 2 is 2.06 bits per heavy atom. The van der Waals surface area contributed by atoms with Crippen molar-refractivity contribution in [3.05, 3.63) is 29.0 Å². The van der Waals surface area contributed by atoms with Gasteiger partial charge in [-0.05, 0) is 6.42 Å². The summed E-state index contributed by atoms with van der Waals surface area (Å²) in [5.41, 5.74) is 1.82. The molecule has 0 aliphatic heterocycles. The van der Waals surface area contributed by atoms with Crippen LogP contribution in [0.3, 0.4) is 0 Å². The van der Waals surface area contributed by atoms with Crippen LogP contribution in [-0.4, -0.2) is 21.5 Å². The van der Waals surface area contributed by atoms with Crippen molar-refractivity contribution < 1.29 is 0 Å². The maximum atomic E-state index is 4.17. The summed E-state index contributed by atoms with van der Waals surface area (Å²) in [6, 6.07) is 1.91. The van der Waals surface area contributed by atoms with Crippen LogP contribution in [0.15, 0.2) is 24.1 Å². The van der Waals surface area contributed by atoms with Crippen molar-refractivity contribution in [3.63, 3.8) is 0 Å². The van der Waals surface area contributed by atoms with E-state index in [1.807, 2.05) is 17.8 Å². The molecule has 0 fully saturated rings. The number of aromatic nitrogens is 3. The number of anilines is 2. The average Bonchev–Trinajstić information content (AvgIpc) is 2.87. The van der Waals surface area contributed by atoms with E-state index in [0.29, 0.717) is 0 Å². The first-order valence-electron chi connectivity index (χ1n) is 5.55. The fraction of sp³-hybridized carbons (Fsp3) is 0.364. The van der Waals surface area contributed by atoms with Gasteiger partial charge in [0.1, 0.15) is 18.0 Å². The second kappa shape index (κ2) is 6.15. The van der Waals surface area contributed by atoms with E-state index in [1.165, 1.54) is 4.88 Å². The van der Waals surface area contributed by atoms with Gasteiger partial charge in [-0.15, -0.1) is 11.3 Å². The molecule has 2 aromatic heterocycles. The van der Waals surface area contributed by atoms with Crippen LogP contribution in [0.5, 0.6) is 0 Å². The Kier molecular flexibility index (Phi) is 4.26. The van der Waals surface area contributed by atoms with Gasteiger partial charge in [0, 0.05) is 23.7 Å². The van der Waals surface area contributed by atoms with Crippen LogP contribution in [0.1, 0.15) is 18.2 Å². The number of nitrogens with one attached hydrogen (secondary N) is 2. The van der Waals surface area contributed by atoms with Gasteiger partial charge < -0.3 is 10.6 Å². The molecule has 0 atom stereocenters. The minimum atomic E-state index is 0.745. The van der Waals surface area contributed by atoms with Gasteiger partial charge in [-0.3, -0.25) is 4.98 Å². The first-order chi connectivity index (χ1) is 8.38. The maximum absolute atomic E-state index is 4.17. The van der Waals surface area contributed by atoms with E-state index >= 15 is 0 Å². The second-order valence-electron chi connectivity index (χ2n) is 3.54. The molecule has 2 heterocycles. The Morgan fingerprint density at radius 1 is 1.24 bits per heavy atom. The maximum Gasteiger partial charge on any atom is 0.131 e. The van der Waals surface area contributed by atoms with E-state index in [4.69, 9.17) is 0 Å². The van der Waals surface area contributed by atoms with E-state index < -0.39 is 0 Å². The molecule has 2 rings (SSSR count). The van der Waals surface area contributed by atoms with E-state index in [9.17, 15) is 0 Å². The van der Waals surface area contributed by atoms with Gasteiger partial charge >= 0.3 is 0 Å². The zero-order valence-corrected chi connectivity index (χ0v) is 10.5. The molecule has 2 N–H and O–H groups in total. The molecule has 6 heteroatoms. The zero-order chi connectivity index (χ0) is 11.9. The third-order valence-corrected chi connectivity index (χ3v) is 2.93. The van der Waals surface area contributed by atoms with E-state index in [0.717, 1.165) is 31.1 Å². The molecule has 0 spiro atoms. The number of nitrogens with zero attached hydrogens (tertiary/aromatic N) is 3. The third-order valence-electron chi connectivity index (χ3n) is 2.15. The topological polar surface area (TPSA) is 62.7 Å². The smallest absolute Gasteiger partial charge is 0.131 e. The van der Waals surface area contributed by atoms with Crippen molar-refractivity contribution in [2.45, 2.75) is 19.9 Å². The van der Waals surface area contributed by atoms with Crippen LogP contribution in [0.2, 0.25) is 0 Å². The van der Waals surface area contributed by atoms with Crippen molar-refractivity contribution in [2.24, 2.45) is 0 Å². The highest BCUT2D eigenvalue weighted by atomic mass is 32.1. The Balaban J connectivity index is 1.91. The minimum absolute atomic E-state index is 0.745. The highest BCUT2D eigenvalue weighted by molar-refractivity contribution is 7.09. The van der Waals surface area contributed by atoms with Gasteiger partial charge in [0.15, 0.2) is 0 Å². The summed E-state index contributed by atoms with van der Waals surface area (Å²) < 4.78 is 0. The molecule has 17 heavy (non-hydrogen) atoms. The van der Waals surface area contributed by atoms with Crippen LogP contribution in [0.25, 0.3) is 0 Å². The Bertz CT molecular complexity index is 443. The molecular formula is C11H15N5S. The molecular weight excluding hydrogens is 234 g/mol. The lowest BCUT2D eigenvalue weighted by molar-refractivity contribution is 0.963. The van der Waals surface area contributed by atoms with Crippen molar-refractivity contribution in [2.75, 3.05) is 17.2 Å². The average molecular weight is 249 g/mol. The summed E-state index contributed by atoms with van der Waals surface area (Å²) in [5, 5.41) is 6.47. The summed E-state index contributed by atoms with van der Waals surface area (Å²) in [7, 11) is 0. The molecule has 0 aliphatic rings. The van der Waals surface area contributed by atoms with Crippen molar-refractivity contribution in [3.8, 4) is 0 Å². The monoisotopic (exact) mass is 249 g/mol. The summed E-state index contributed by atoms with van der Waals surface area (Å²) in [6.45, 7) is 3.79. The molecule has 0 aromatic carbocycles. The van der Waals surface area contributed by atoms with Gasteiger partial charge in [-0.25, -0.2) is 9.97 Å². The van der Waals surface area contributed by atoms with Crippen LogP contribution >= 0.6 is 11.3 Å². The fourth-order valence-electron chi connectivity index (χ4n) is 1.31. The Morgan fingerprint density at radius 3 is 2.76 bits per heavy atom. The molecule has 0 saturated heterocycles. The van der Waals surface area contributed by atoms with Gasteiger partial charge in [0.05, 0.1) is 12.1 Å². The molecule has 0 radical (unpaired) electrons. The lowest BCUT2D eigenvalue weighted by Gasteiger charge is -2.06. The standard InChI is InChI=1S/C11H15N5S/c1-2-3-13-10-4-11(16-7-15-10)14-6-9-5-12-8-17-9/h4-5,7-8H,2-3,6H2,1H3,(H2,13,14,15,16). The van der Waals surface area contributed by atoms with Gasteiger partial charge in [-0.1, -0.05) is 6.92 Å². The lowest BCUT2D eigenvalue weighted by atomic mass is 10.4. The van der Waals surface area contributed by atoms with Gasteiger partial charge in [-0.2, -0.15) is 0 Å². The molecule has 0 saturated carbocycles. The van der Waals surface area contributed by atoms with Crippen molar-refractivity contribution in [1.29, 1.82) is 0 Å². The zero-order valence-electron chi connectivity index (χ0n) is 9.68. The normalized spacial score (nSPS) is 10.2. The summed E-state index contributed by atoms with van der Waals surface area (Å²) in [4.78, 5) is 13.5. The third kappa shape index (κ3) is 3.67. The largest absolute Gasteiger partial charge is 0.370 e. The molecule has 5 nitrogen and oxygen atoms in total. The fourth-order valence-corrected chi connectivity index (χ4v) is 1.85. The number of hydrogen-bond donors (Lipinski definition) is 2. The van der Waals surface area contributed by atoms with Crippen molar-refractivity contribution >= 4 is 23.0 Å². The van der Waals surface area contributed by atoms with E-state index in [2.05, 4.69) is 32.5 Å². The highest BCUT2D eigenvalue weighted by Gasteiger charge is 1.99. The number of hydrogen-bond acceptors (Lipinski definition) is 6. The summed E-state index contributed by atoms with van der Waals surface area (Å²) >= 11 is 1.63. The molecule has 90 valence electrons. The van der Waals surface area contributed by atoms with E-state index in [1.54, 1.807) is 17.7 Å². The SMILES string of the molecule is CCCNc1cc(NCc2cncs2)ncn1. The minimum Gasteiger partial charge on any atom is -0.370 e. The molecule has 0 amide bonds. The summed E-state index contributed by atoms with van der Waals surface area (Å²) in [6.07, 6.45) is 4.50.